The molecule has 0 heterocycles. The monoisotopic (exact) mass is 233 g/mol. The zero-order valence-corrected chi connectivity index (χ0v) is 11.0. The third-order valence-electron chi connectivity index (χ3n) is 2.59. The summed E-state index contributed by atoms with van der Waals surface area (Å²) in [4.78, 5) is 13.9. The van der Waals surface area contributed by atoms with Gasteiger partial charge in [0.15, 0.2) is 0 Å². The largest absolute Gasteiger partial charge is 0.341 e. The van der Waals surface area contributed by atoms with Crippen LogP contribution in [-0.2, 0) is 4.79 Å². The van der Waals surface area contributed by atoms with Gasteiger partial charge in [-0.1, -0.05) is 33.6 Å². The first kappa shape index (κ1) is 14.8. The van der Waals surface area contributed by atoms with Gasteiger partial charge in [0.25, 0.3) is 0 Å². The van der Waals surface area contributed by atoms with Crippen LogP contribution in [0.15, 0.2) is 0 Å². The molecule has 1 unspecified atom stereocenters. The van der Waals surface area contributed by atoms with Crippen molar-refractivity contribution in [3.63, 3.8) is 0 Å². The Balaban J connectivity index is 4.13. The number of carbonyl (C=O) groups is 1. The molecule has 0 saturated heterocycles. The molecule has 0 bridgehead atoms. The molecule has 0 fully saturated rings. The summed E-state index contributed by atoms with van der Waals surface area (Å²) in [6, 6.07) is 0. The highest BCUT2D eigenvalue weighted by Gasteiger charge is 2.18. The number of hydrogen-bond donors (Lipinski definition) is 0. The molecular weight excluding hydrogens is 210 g/mol. The average molecular weight is 234 g/mol. The predicted octanol–water partition coefficient (Wildman–Crippen LogP) is 3.29. The van der Waals surface area contributed by atoms with Gasteiger partial charge < -0.3 is 4.90 Å². The maximum Gasteiger partial charge on any atom is 0.225 e. The van der Waals surface area contributed by atoms with Crippen molar-refractivity contribution >= 4 is 17.5 Å². The summed E-state index contributed by atoms with van der Waals surface area (Å²) >= 11 is 5.71. The van der Waals surface area contributed by atoms with Crippen molar-refractivity contribution in [1.29, 1.82) is 0 Å². The summed E-state index contributed by atoms with van der Waals surface area (Å²) in [5, 5.41) is 0. The smallest absolute Gasteiger partial charge is 0.225 e. The summed E-state index contributed by atoms with van der Waals surface area (Å²) in [5.74, 6) is 0.954. The van der Waals surface area contributed by atoms with Crippen molar-refractivity contribution in [2.75, 3.05) is 19.0 Å². The van der Waals surface area contributed by atoms with Gasteiger partial charge in [-0.25, -0.2) is 0 Å². The second-order valence-corrected chi connectivity index (χ2v) is 4.44. The topological polar surface area (TPSA) is 20.3 Å². The third kappa shape index (κ3) is 6.03. The van der Waals surface area contributed by atoms with Gasteiger partial charge in [0.05, 0.1) is 0 Å². The highest BCUT2D eigenvalue weighted by Crippen LogP contribution is 2.10. The van der Waals surface area contributed by atoms with E-state index in [1.54, 1.807) is 0 Å². The Labute approximate surface area is 99.0 Å². The summed E-state index contributed by atoms with van der Waals surface area (Å²) in [5.41, 5.74) is 0. The molecule has 3 heteroatoms. The molecule has 90 valence electrons. The van der Waals surface area contributed by atoms with Gasteiger partial charge >= 0.3 is 0 Å². The molecule has 2 nitrogen and oxygen atoms in total. The normalized spacial score (nSPS) is 12.5. The predicted molar refractivity (Wildman–Crippen MR) is 66.3 cm³/mol. The SMILES string of the molecule is CCCCN(CCCl)C(=O)C(C)CCC. The van der Waals surface area contributed by atoms with Crippen LogP contribution in [-0.4, -0.2) is 29.8 Å². The first-order valence-electron chi connectivity index (χ1n) is 6.02. The van der Waals surface area contributed by atoms with E-state index in [2.05, 4.69) is 13.8 Å². The van der Waals surface area contributed by atoms with Crippen LogP contribution in [0.3, 0.4) is 0 Å². The van der Waals surface area contributed by atoms with Crippen LogP contribution in [0.1, 0.15) is 46.5 Å². The minimum atomic E-state index is 0.148. The highest BCUT2D eigenvalue weighted by atomic mass is 35.5. The molecule has 0 N–H and O–H groups in total. The van der Waals surface area contributed by atoms with Gasteiger partial charge in [-0.15, -0.1) is 11.6 Å². The van der Waals surface area contributed by atoms with Crippen LogP contribution < -0.4 is 0 Å². The van der Waals surface area contributed by atoms with Crippen LogP contribution in [0.2, 0.25) is 0 Å². The number of alkyl halides is 1. The molecule has 0 rings (SSSR count). The highest BCUT2D eigenvalue weighted by molar-refractivity contribution is 6.18. The minimum absolute atomic E-state index is 0.148. The van der Waals surface area contributed by atoms with Gasteiger partial charge in [0.1, 0.15) is 0 Å². The minimum Gasteiger partial charge on any atom is -0.341 e. The molecule has 15 heavy (non-hydrogen) atoms. The van der Waals surface area contributed by atoms with Crippen molar-refractivity contribution in [3.05, 3.63) is 0 Å². The van der Waals surface area contributed by atoms with Crippen LogP contribution >= 0.6 is 11.6 Å². The Hall–Kier alpha value is -0.240. The molecule has 0 aliphatic heterocycles. The fraction of sp³-hybridized carbons (Fsp3) is 0.917. The van der Waals surface area contributed by atoms with Gasteiger partial charge in [-0.3, -0.25) is 4.79 Å². The lowest BCUT2D eigenvalue weighted by Gasteiger charge is -2.24. The lowest BCUT2D eigenvalue weighted by molar-refractivity contribution is -0.135. The lowest BCUT2D eigenvalue weighted by Crippen LogP contribution is -2.37. The first-order valence-corrected chi connectivity index (χ1v) is 6.55. The molecule has 0 aromatic carbocycles. The van der Waals surface area contributed by atoms with Crippen LogP contribution in [0.4, 0.5) is 0 Å². The number of rotatable bonds is 8. The van der Waals surface area contributed by atoms with Crippen molar-refractivity contribution < 1.29 is 4.79 Å². The van der Waals surface area contributed by atoms with Gasteiger partial charge in [-0.2, -0.15) is 0 Å². The van der Waals surface area contributed by atoms with E-state index in [1.165, 1.54) is 0 Å². The Bertz CT molecular complexity index is 173. The Morgan fingerprint density at radius 2 is 1.93 bits per heavy atom. The quantitative estimate of drug-likeness (QED) is 0.590. The van der Waals surface area contributed by atoms with Gasteiger partial charge in [0, 0.05) is 24.9 Å². The average Bonchev–Trinajstić information content (AvgIpc) is 2.23. The van der Waals surface area contributed by atoms with E-state index in [4.69, 9.17) is 11.6 Å². The Morgan fingerprint density at radius 1 is 1.27 bits per heavy atom. The zero-order valence-electron chi connectivity index (χ0n) is 10.3. The molecule has 0 aromatic rings. The number of halogens is 1. The van der Waals surface area contributed by atoms with Gasteiger partial charge in [0.2, 0.25) is 5.91 Å². The van der Waals surface area contributed by atoms with Crippen molar-refractivity contribution in [1.82, 2.24) is 4.90 Å². The van der Waals surface area contributed by atoms with Crippen LogP contribution in [0.25, 0.3) is 0 Å². The fourth-order valence-electron chi connectivity index (χ4n) is 1.65. The first-order chi connectivity index (χ1) is 7.17. The molecule has 0 radical (unpaired) electrons. The summed E-state index contributed by atoms with van der Waals surface area (Å²) in [6.45, 7) is 7.81. The molecular formula is C12H24ClNO. The maximum atomic E-state index is 12.0. The zero-order chi connectivity index (χ0) is 11.7. The molecule has 0 aliphatic carbocycles. The summed E-state index contributed by atoms with van der Waals surface area (Å²) < 4.78 is 0. The molecule has 0 aliphatic rings. The van der Waals surface area contributed by atoms with Crippen LogP contribution in [0.5, 0.6) is 0 Å². The Kier molecular flexibility index (Phi) is 8.88. The number of amides is 1. The second kappa shape index (κ2) is 9.02. The molecule has 1 atom stereocenters. The molecule has 0 spiro atoms. The van der Waals surface area contributed by atoms with Crippen molar-refractivity contribution in [2.24, 2.45) is 5.92 Å². The number of unbranched alkanes of at least 4 members (excludes halogenated alkanes) is 1. The summed E-state index contributed by atoms with van der Waals surface area (Å²) in [6.07, 6.45) is 4.23. The van der Waals surface area contributed by atoms with E-state index in [0.717, 1.165) is 32.2 Å². The van der Waals surface area contributed by atoms with E-state index in [0.29, 0.717) is 12.4 Å². The van der Waals surface area contributed by atoms with E-state index < -0.39 is 0 Å². The standard InChI is InChI=1S/C12H24ClNO/c1-4-6-9-14(10-8-13)12(15)11(3)7-5-2/h11H,4-10H2,1-3H3. The molecule has 1 amide bonds. The van der Waals surface area contributed by atoms with E-state index >= 15 is 0 Å². The fourth-order valence-corrected chi connectivity index (χ4v) is 1.86. The van der Waals surface area contributed by atoms with Crippen LogP contribution in [0, 0.1) is 5.92 Å². The van der Waals surface area contributed by atoms with Crippen molar-refractivity contribution in [3.8, 4) is 0 Å². The van der Waals surface area contributed by atoms with E-state index in [1.807, 2.05) is 11.8 Å². The second-order valence-electron chi connectivity index (χ2n) is 4.06. The maximum absolute atomic E-state index is 12.0. The van der Waals surface area contributed by atoms with E-state index in [9.17, 15) is 4.79 Å². The van der Waals surface area contributed by atoms with E-state index in [-0.39, 0.29) is 11.8 Å². The number of hydrogen-bond acceptors (Lipinski definition) is 1. The lowest BCUT2D eigenvalue weighted by atomic mass is 10.0. The molecule has 0 saturated carbocycles. The number of carbonyl (C=O) groups excluding carboxylic acids is 1. The third-order valence-corrected chi connectivity index (χ3v) is 2.76. The van der Waals surface area contributed by atoms with Gasteiger partial charge in [-0.05, 0) is 12.8 Å². The molecule has 0 aromatic heterocycles. The van der Waals surface area contributed by atoms with Crippen molar-refractivity contribution in [2.45, 2.75) is 46.5 Å². The Morgan fingerprint density at radius 3 is 2.40 bits per heavy atom. The number of nitrogens with zero attached hydrogens (tertiary/aromatic N) is 1. The summed E-state index contributed by atoms with van der Waals surface area (Å²) in [7, 11) is 0.